The van der Waals surface area contributed by atoms with Gasteiger partial charge in [-0.05, 0) is 43.7 Å². The predicted molar refractivity (Wildman–Crippen MR) is 91.8 cm³/mol. The quantitative estimate of drug-likeness (QED) is 0.610. The highest BCUT2D eigenvalue weighted by atomic mass is 32.1. The van der Waals surface area contributed by atoms with Gasteiger partial charge in [-0.2, -0.15) is 13.2 Å². The number of nitrogens with zero attached hydrogens (tertiary/aromatic N) is 1. The van der Waals surface area contributed by atoms with Crippen LogP contribution >= 0.6 is 11.3 Å². The number of aryl methyl sites for hydroxylation is 2. The van der Waals surface area contributed by atoms with Gasteiger partial charge in [0.05, 0.1) is 11.3 Å². The van der Waals surface area contributed by atoms with E-state index in [-0.39, 0.29) is 0 Å². The lowest BCUT2D eigenvalue weighted by molar-refractivity contribution is -0.137. The zero-order chi connectivity index (χ0) is 17.3. The standard InChI is InChI=1S/C18H15F3N2S/c1-11-6-7-12(2)15(8-11)16-10-24-17(23-16)22-14-5-3-4-13(9-14)18(19,20)21/h3-10H,1-2H3,(H,22,23). The maximum absolute atomic E-state index is 12.8. The number of nitrogens with one attached hydrogen (secondary N) is 1. The van der Waals surface area contributed by atoms with Gasteiger partial charge in [-0.15, -0.1) is 11.3 Å². The molecule has 1 N–H and O–H groups in total. The summed E-state index contributed by atoms with van der Waals surface area (Å²) < 4.78 is 38.3. The van der Waals surface area contributed by atoms with Crippen LogP contribution in [0.3, 0.4) is 0 Å². The summed E-state index contributed by atoms with van der Waals surface area (Å²) in [5, 5.41) is 5.41. The van der Waals surface area contributed by atoms with E-state index in [1.807, 2.05) is 31.4 Å². The van der Waals surface area contributed by atoms with Gasteiger partial charge in [0, 0.05) is 16.6 Å². The molecule has 0 unspecified atom stereocenters. The summed E-state index contributed by atoms with van der Waals surface area (Å²) in [6.45, 7) is 4.02. The maximum Gasteiger partial charge on any atom is 0.416 e. The molecule has 1 heterocycles. The van der Waals surface area contributed by atoms with Crippen LogP contribution in [0.5, 0.6) is 0 Å². The van der Waals surface area contributed by atoms with Crippen LogP contribution in [0, 0.1) is 13.8 Å². The molecule has 0 bridgehead atoms. The van der Waals surface area contributed by atoms with Gasteiger partial charge in [-0.25, -0.2) is 4.98 Å². The summed E-state index contributed by atoms with van der Waals surface area (Å²) in [5.41, 5.74) is 3.78. The molecule has 3 aromatic rings. The zero-order valence-corrected chi connectivity index (χ0v) is 13.9. The number of benzene rings is 2. The SMILES string of the molecule is Cc1ccc(C)c(-c2csc(Nc3cccc(C(F)(F)F)c3)n2)c1. The normalized spacial score (nSPS) is 11.5. The van der Waals surface area contributed by atoms with Gasteiger partial charge in [0.15, 0.2) is 5.13 Å². The van der Waals surface area contributed by atoms with E-state index in [0.717, 1.165) is 34.5 Å². The Balaban J connectivity index is 1.86. The number of aromatic nitrogens is 1. The molecule has 0 aliphatic carbocycles. The predicted octanol–water partition coefficient (Wildman–Crippen LogP) is 6.19. The first-order valence-corrected chi connectivity index (χ1v) is 8.18. The van der Waals surface area contributed by atoms with Gasteiger partial charge in [0.2, 0.25) is 0 Å². The summed E-state index contributed by atoms with van der Waals surface area (Å²) in [5.74, 6) is 0. The molecule has 0 aliphatic heterocycles. The van der Waals surface area contributed by atoms with Gasteiger partial charge < -0.3 is 5.32 Å². The van der Waals surface area contributed by atoms with Crippen molar-refractivity contribution >= 4 is 22.2 Å². The Morgan fingerprint density at radius 3 is 2.58 bits per heavy atom. The van der Waals surface area contributed by atoms with E-state index >= 15 is 0 Å². The Labute approximate surface area is 142 Å². The van der Waals surface area contributed by atoms with E-state index in [2.05, 4.69) is 16.4 Å². The fraction of sp³-hybridized carbons (Fsp3) is 0.167. The van der Waals surface area contributed by atoms with Crippen LogP contribution in [-0.2, 0) is 6.18 Å². The van der Waals surface area contributed by atoms with Crippen molar-refractivity contribution in [1.29, 1.82) is 0 Å². The molecule has 0 saturated heterocycles. The molecule has 2 nitrogen and oxygen atoms in total. The summed E-state index contributed by atoms with van der Waals surface area (Å²) in [7, 11) is 0. The van der Waals surface area contributed by atoms with Gasteiger partial charge in [-0.3, -0.25) is 0 Å². The molecule has 0 saturated carbocycles. The number of hydrogen-bond donors (Lipinski definition) is 1. The number of hydrogen-bond acceptors (Lipinski definition) is 3. The van der Waals surface area contributed by atoms with Crippen molar-refractivity contribution in [1.82, 2.24) is 4.98 Å². The molecule has 0 amide bonds. The smallest absolute Gasteiger partial charge is 0.332 e. The fourth-order valence-corrected chi connectivity index (χ4v) is 3.09. The average Bonchev–Trinajstić information content (AvgIpc) is 2.97. The molecule has 1 aromatic heterocycles. The molecule has 0 atom stereocenters. The highest BCUT2D eigenvalue weighted by molar-refractivity contribution is 7.14. The molecular formula is C18H15F3N2S. The molecule has 24 heavy (non-hydrogen) atoms. The largest absolute Gasteiger partial charge is 0.416 e. The van der Waals surface area contributed by atoms with Gasteiger partial charge in [0.25, 0.3) is 0 Å². The van der Waals surface area contributed by atoms with Gasteiger partial charge >= 0.3 is 6.18 Å². The lowest BCUT2D eigenvalue weighted by Crippen LogP contribution is -2.05. The first kappa shape index (κ1) is 16.5. The van der Waals surface area contributed by atoms with Crippen molar-refractivity contribution in [2.24, 2.45) is 0 Å². The molecule has 0 fully saturated rings. The first-order valence-electron chi connectivity index (χ1n) is 7.30. The second-order valence-electron chi connectivity index (χ2n) is 5.56. The van der Waals surface area contributed by atoms with Crippen LogP contribution < -0.4 is 5.32 Å². The zero-order valence-electron chi connectivity index (χ0n) is 13.1. The number of anilines is 2. The average molecular weight is 348 g/mol. The Morgan fingerprint density at radius 2 is 1.83 bits per heavy atom. The number of rotatable bonds is 3. The summed E-state index contributed by atoms with van der Waals surface area (Å²) in [4.78, 5) is 4.50. The lowest BCUT2D eigenvalue weighted by Gasteiger charge is -2.09. The molecule has 3 rings (SSSR count). The van der Waals surface area contributed by atoms with E-state index in [1.165, 1.54) is 17.4 Å². The lowest BCUT2D eigenvalue weighted by atomic mass is 10.0. The highest BCUT2D eigenvalue weighted by Crippen LogP contribution is 2.33. The van der Waals surface area contributed by atoms with E-state index in [0.29, 0.717) is 10.8 Å². The third-order valence-corrected chi connectivity index (χ3v) is 4.37. The third-order valence-electron chi connectivity index (χ3n) is 3.61. The van der Waals surface area contributed by atoms with Crippen molar-refractivity contribution in [2.75, 3.05) is 5.32 Å². The maximum atomic E-state index is 12.8. The summed E-state index contributed by atoms with van der Waals surface area (Å²) in [6, 6.07) is 11.2. The minimum Gasteiger partial charge on any atom is -0.332 e. The number of halogens is 3. The second kappa shape index (κ2) is 6.28. The second-order valence-corrected chi connectivity index (χ2v) is 6.42. The van der Waals surface area contributed by atoms with E-state index in [4.69, 9.17) is 0 Å². The Kier molecular flexibility index (Phi) is 4.32. The topological polar surface area (TPSA) is 24.9 Å². The van der Waals surface area contributed by atoms with Crippen LogP contribution in [0.15, 0.2) is 47.8 Å². The van der Waals surface area contributed by atoms with Gasteiger partial charge in [-0.1, -0.05) is 23.8 Å². The molecular weight excluding hydrogens is 333 g/mol. The summed E-state index contributed by atoms with van der Waals surface area (Å²) >= 11 is 1.36. The van der Waals surface area contributed by atoms with Crippen molar-refractivity contribution in [2.45, 2.75) is 20.0 Å². The first-order chi connectivity index (χ1) is 11.3. The molecule has 0 radical (unpaired) electrons. The monoisotopic (exact) mass is 348 g/mol. The van der Waals surface area contributed by atoms with Crippen LogP contribution in [0.1, 0.15) is 16.7 Å². The molecule has 0 aliphatic rings. The Morgan fingerprint density at radius 1 is 1.04 bits per heavy atom. The van der Waals surface area contributed by atoms with Crippen molar-refractivity contribution in [3.05, 3.63) is 64.5 Å². The van der Waals surface area contributed by atoms with Crippen molar-refractivity contribution in [3.63, 3.8) is 0 Å². The van der Waals surface area contributed by atoms with Crippen LogP contribution in [0.2, 0.25) is 0 Å². The Bertz CT molecular complexity index is 869. The third kappa shape index (κ3) is 3.59. The van der Waals surface area contributed by atoms with E-state index in [1.54, 1.807) is 6.07 Å². The van der Waals surface area contributed by atoms with Crippen molar-refractivity contribution in [3.8, 4) is 11.3 Å². The minimum absolute atomic E-state index is 0.367. The fourth-order valence-electron chi connectivity index (χ4n) is 2.36. The van der Waals surface area contributed by atoms with Crippen LogP contribution in [0.4, 0.5) is 24.0 Å². The summed E-state index contributed by atoms with van der Waals surface area (Å²) in [6.07, 6.45) is -4.36. The molecule has 124 valence electrons. The van der Waals surface area contributed by atoms with Crippen molar-refractivity contribution < 1.29 is 13.2 Å². The molecule has 6 heteroatoms. The highest BCUT2D eigenvalue weighted by Gasteiger charge is 2.30. The van der Waals surface area contributed by atoms with Crippen LogP contribution in [0.25, 0.3) is 11.3 Å². The van der Waals surface area contributed by atoms with E-state index in [9.17, 15) is 13.2 Å². The number of thiazole rings is 1. The molecule has 0 spiro atoms. The van der Waals surface area contributed by atoms with Gasteiger partial charge in [0.1, 0.15) is 0 Å². The van der Waals surface area contributed by atoms with Crippen LogP contribution in [-0.4, -0.2) is 4.98 Å². The number of alkyl halides is 3. The Hall–Kier alpha value is -2.34. The minimum atomic E-state index is -4.36. The van der Waals surface area contributed by atoms with E-state index < -0.39 is 11.7 Å². The molecule has 2 aromatic carbocycles.